The van der Waals surface area contributed by atoms with Gasteiger partial charge in [0.1, 0.15) is 0 Å². The van der Waals surface area contributed by atoms with Gasteiger partial charge in [0.15, 0.2) is 0 Å². The first kappa shape index (κ1) is 17.1. The monoisotopic (exact) mass is 295 g/mol. The van der Waals surface area contributed by atoms with Crippen LogP contribution in [0.15, 0.2) is 24.3 Å². The number of hydrogen-bond acceptors (Lipinski definition) is 4. The third-order valence-electron chi connectivity index (χ3n) is 3.33. The quantitative estimate of drug-likeness (QED) is 0.748. The predicted molar refractivity (Wildman–Crippen MR) is 86.2 cm³/mol. The van der Waals surface area contributed by atoms with Gasteiger partial charge in [-0.3, -0.25) is 4.79 Å². The Hall–Kier alpha value is -1.00. The van der Waals surface area contributed by atoms with Crippen molar-refractivity contribution in [1.82, 2.24) is 5.32 Å². The van der Waals surface area contributed by atoms with Gasteiger partial charge in [-0.1, -0.05) is 45.0 Å². The highest BCUT2D eigenvalue weighted by Crippen LogP contribution is 2.26. The fraction of sp³-hybridized carbons (Fsp3) is 0.562. The maximum Gasteiger partial charge on any atom is 0.315 e. The first-order valence-electron chi connectivity index (χ1n) is 7.13. The van der Waals surface area contributed by atoms with Crippen LogP contribution in [0.5, 0.6) is 0 Å². The van der Waals surface area contributed by atoms with E-state index in [2.05, 4.69) is 50.4 Å². The van der Waals surface area contributed by atoms with Crippen LogP contribution in [0.4, 0.5) is 0 Å². The van der Waals surface area contributed by atoms with E-state index in [1.54, 1.807) is 11.8 Å². The molecule has 0 saturated carbocycles. The molecule has 0 aliphatic heterocycles. The lowest BCUT2D eigenvalue weighted by Crippen LogP contribution is -2.29. The molecule has 0 amide bonds. The summed E-state index contributed by atoms with van der Waals surface area (Å²) < 4.78 is 4.70. The van der Waals surface area contributed by atoms with Gasteiger partial charge >= 0.3 is 5.97 Å². The Balaban J connectivity index is 2.72. The van der Waals surface area contributed by atoms with Crippen molar-refractivity contribution in [2.45, 2.75) is 38.5 Å². The summed E-state index contributed by atoms with van der Waals surface area (Å²) in [5, 5.41) is 3.81. The van der Waals surface area contributed by atoms with Gasteiger partial charge in [-0.15, -0.1) is 11.8 Å². The molecule has 112 valence electrons. The lowest BCUT2D eigenvalue weighted by Gasteiger charge is -2.25. The standard InChI is InChI=1S/C16H25NO2S/c1-5-13-7-9-14(10-8-13)16(17-6-2)12(3)20-11-15(18)19-4/h7-10,12,16-17H,5-6,11H2,1-4H3. The highest BCUT2D eigenvalue weighted by Gasteiger charge is 2.19. The number of thioether (sulfide) groups is 1. The molecule has 3 nitrogen and oxygen atoms in total. The molecule has 0 fully saturated rings. The fourth-order valence-corrected chi connectivity index (χ4v) is 3.05. The Bertz CT molecular complexity index is 405. The third kappa shape index (κ3) is 5.17. The fourth-order valence-electron chi connectivity index (χ4n) is 2.09. The second kappa shape index (κ2) is 9.03. The van der Waals surface area contributed by atoms with Crippen molar-refractivity contribution >= 4 is 17.7 Å². The maximum atomic E-state index is 11.3. The molecule has 0 saturated heterocycles. The number of carbonyl (C=O) groups excluding carboxylic acids is 1. The number of rotatable bonds is 8. The highest BCUT2D eigenvalue weighted by molar-refractivity contribution is 8.00. The summed E-state index contributed by atoms with van der Waals surface area (Å²) in [5.74, 6) is 0.227. The van der Waals surface area contributed by atoms with Crippen molar-refractivity contribution in [2.75, 3.05) is 19.4 Å². The minimum absolute atomic E-state index is 0.168. The molecule has 1 aromatic carbocycles. The number of ether oxygens (including phenoxy) is 1. The summed E-state index contributed by atoms with van der Waals surface area (Å²) in [5.41, 5.74) is 2.62. The van der Waals surface area contributed by atoms with E-state index >= 15 is 0 Å². The minimum Gasteiger partial charge on any atom is -0.468 e. The van der Waals surface area contributed by atoms with Gasteiger partial charge in [0.25, 0.3) is 0 Å². The molecular formula is C16H25NO2S. The van der Waals surface area contributed by atoms with Crippen molar-refractivity contribution in [3.63, 3.8) is 0 Å². The Morgan fingerprint density at radius 3 is 2.45 bits per heavy atom. The first-order valence-corrected chi connectivity index (χ1v) is 8.17. The molecule has 2 unspecified atom stereocenters. The Morgan fingerprint density at radius 2 is 1.95 bits per heavy atom. The maximum absolute atomic E-state index is 11.3. The second-order valence-electron chi connectivity index (χ2n) is 4.72. The van der Waals surface area contributed by atoms with Crippen molar-refractivity contribution in [1.29, 1.82) is 0 Å². The molecule has 0 radical (unpaired) electrons. The Morgan fingerprint density at radius 1 is 1.30 bits per heavy atom. The van der Waals surface area contributed by atoms with E-state index in [0.717, 1.165) is 13.0 Å². The summed E-state index contributed by atoms with van der Waals surface area (Å²) in [4.78, 5) is 11.3. The number of methoxy groups -OCH3 is 1. The van der Waals surface area contributed by atoms with E-state index in [9.17, 15) is 4.79 Å². The van der Waals surface area contributed by atoms with Crippen LogP contribution in [0.3, 0.4) is 0 Å². The van der Waals surface area contributed by atoms with Crippen molar-refractivity contribution in [3.8, 4) is 0 Å². The number of esters is 1. The summed E-state index contributed by atoms with van der Waals surface area (Å²) in [6.45, 7) is 7.31. The zero-order valence-corrected chi connectivity index (χ0v) is 13.6. The number of carbonyl (C=O) groups is 1. The number of nitrogens with one attached hydrogen (secondary N) is 1. The number of benzene rings is 1. The van der Waals surface area contributed by atoms with Gasteiger partial charge in [-0.05, 0) is 24.1 Å². The van der Waals surface area contributed by atoms with Crippen molar-refractivity contribution in [3.05, 3.63) is 35.4 Å². The van der Waals surface area contributed by atoms with Gasteiger partial charge < -0.3 is 10.1 Å². The van der Waals surface area contributed by atoms with Crippen molar-refractivity contribution in [2.24, 2.45) is 0 Å². The van der Waals surface area contributed by atoms with E-state index in [4.69, 9.17) is 4.74 Å². The number of aryl methyl sites for hydroxylation is 1. The molecule has 1 N–H and O–H groups in total. The molecule has 0 heterocycles. The van der Waals surface area contributed by atoms with Crippen LogP contribution in [-0.2, 0) is 16.0 Å². The van der Waals surface area contributed by atoms with E-state index in [1.807, 2.05) is 0 Å². The van der Waals surface area contributed by atoms with Crippen LogP contribution in [-0.4, -0.2) is 30.6 Å². The summed E-state index contributed by atoms with van der Waals surface area (Å²) in [7, 11) is 1.43. The zero-order chi connectivity index (χ0) is 15.0. The molecular weight excluding hydrogens is 270 g/mol. The molecule has 2 atom stereocenters. The van der Waals surface area contributed by atoms with Crippen molar-refractivity contribution < 1.29 is 9.53 Å². The largest absolute Gasteiger partial charge is 0.468 e. The van der Waals surface area contributed by atoms with Crippen LogP contribution < -0.4 is 5.32 Å². The van der Waals surface area contributed by atoms with Gasteiger partial charge in [0, 0.05) is 11.3 Å². The van der Waals surface area contributed by atoms with Gasteiger partial charge in [-0.25, -0.2) is 0 Å². The van der Waals surface area contributed by atoms with Crippen LogP contribution in [0.2, 0.25) is 0 Å². The van der Waals surface area contributed by atoms with Crippen LogP contribution in [0.1, 0.15) is 37.9 Å². The van der Waals surface area contributed by atoms with Gasteiger partial charge in [0.05, 0.1) is 12.9 Å². The summed E-state index contributed by atoms with van der Waals surface area (Å²) in [6, 6.07) is 8.97. The predicted octanol–water partition coefficient (Wildman–Crippen LogP) is 3.19. The molecule has 20 heavy (non-hydrogen) atoms. The van der Waals surface area contributed by atoms with Gasteiger partial charge in [0.2, 0.25) is 0 Å². The van der Waals surface area contributed by atoms with Gasteiger partial charge in [-0.2, -0.15) is 0 Å². The van der Waals surface area contributed by atoms with Crippen LogP contribution in [0.25, 0.3) is 0 Å². The smallest absolute Gasteiger partial charge is 0.315 e. The summed E-state index contributed by atoms with van der Waals surface area (Å²) >= 11 is 1.62. The zero-order valence-electron chi connectivity index (χ0n) is 12.8. The van der Waals surface area contributed by atoms with Crippen LogP contribution in [0, 0.1) is 0 Å². The van der Waals surface area contributed by atoms with E-state index in [0.29, 0.717) is 11.0 Å². The topological polar surface area (TPSA) is 38.3 Å². The highest BCUT2D eigenvalue weighted by atomic mass is 32.2. The molecule has 0 aromatic heterocycles. The van der Waals surface area contributed by atoms with E-state index in [-0.39, 0.29) is 12.0 Å². The second-order valence-corrected chi connectivity index (χ2v) is 6.09. The first-order chi connectivity index (χ1) is 9.62. The molecule has 4 heteroatoms. The molecule has 0 bridgehead atoms. The lowest BCUT2D eigenvalue weighted by atomic mass is 10.0. The normalized spacial score (nSPS) is 13.8. The average Bonchev–Trinajstić information content (AvgIpc) is 2.50. The molecule has 1 aromatic rings. The molecule has 1 rings (SSSR count). The Kier molecular flexibility index (Phi) is 7.70. The SMILES string of the molecule is CCNC(c1ccc(CC)cc1)C(C)SCC(=O)OC. The Labute approximate surface area is 126 Å². The van der Waals surface area contributed by atoms with E-state index < -0.39 is 0 Å². The van der Waals surface area contributed by atoms with Crippen LogP contribution >= 0.6 is 11.8 Å². The third-order valence-corrected chi connectivity index (χ3v) is 4.53. The molecule has 0 spiro atoms. The molecule has 0 aliphatic rings. The molecule has 0 aliphatic carbocycles. The number of hydrogen-bond donors (Lipinski definition) is 1. The minimum atomic E-state index is -0.168. The lowest BCUT2D eigenvalue weighted by molar-refractivity contribution is -0.137. The van der Waals surface area contributed by atoms with E-state index in [1.165, 1.54) is 18.2 Å². The summed E-state index contributed by atoms with van der Waals surface area (Å²) in [6.07, 6.45) is 1.05. The average molecular weight is 295 g/mol.